The van der Waals surface area contributed by atoms with Crippen LogP contribution < -0.4 is 70.0 Å². The molecule has 242 valence electrons. The minimum Gasteiger partial charge on any atom is -0.744 e. The van der Waals surface area contributed by atoms with Crippen molar-refractivity contribution in [2.45, 2.75) is 23.6 Å². The fourth-order valence-corrected chi connectivity index (χ4v) is 6.79. The zero-order valence-electron chi connectivity index (χ0n) is 27.2. The van der Waals surface area contributed by atoms with Crippen LogP contribution in [-0.4, -0.2) is 48.9 Å². The van der Waals surface area contributed by atoms with Crippen LogP contribution in [0.5, 0.6) is 0 Å². The van der Waals surface area contributed by atoms with Crippen LogP contribution >= 0.6 is 0 Å². The maximum Gasteiger partial charge on any atom is 1.00 e. The van der Waals surface area contributed by atoms with Crippen molar-refractivity contribution in [3.05, 3.63) is 118 Å². The van der Waals surface area contributed by atoms with E-state index in [9.17, 15) is 35.5 Å². The molecule has 0 saturated heterocycles. The average molecular weight is 727 g/mol. The number of rotatable bonds is 7. The topological polar surface area (TPSA) is 197 Å². The number of hydrogen-bond donors (Lipinski definition) is 2. The number of hydrazone groups is 2. The van der Waals surface area contributed by atoms with Crippen LogP contribution in [0.25, 0.3) is 23.3 Å². The van der Waals surface area contributed by atoms with Gasteiger partial charge in [0.2, 0.25) is 11.6 Å². The Balaban J connectivity index is 0.00000281. The van der Waals surface area contributed by atoms with E-state index in [0.717, 1.165) is 23.3 Å². The number of nitrogens with zero attached hydrogens (tertiary/aromatic N) is 2. The standard InChI is InChI=1S/C34H26N4O8S2.2Na/c1-19-15-25(31(47(41,42)43)17-27(19)35-37-33-23-9-5-3-7-21(23)11-13-29(33)39)26-16-20(2)28(18-32(26)48(44,45)46)36-38-34-24-10-6-4-8-22(24)12-14-30(34)40;;/h3-18,35-36H,1-2H3,(H,41,42,43)(H,44,45,46);;/q;2*+1/p-2/b37-33-,38-34+;;. The third-order valence-corrected chi connectivity index (χ3v) is 9.54. The van der Waals surface area contributed by atoms with Gasteiger partial charge in [0.15, 0.2) is 0 Å². The molecule has 2 aliphatic carbocycles. The third-order valence-electron chi connectivity index (χ3n) is 7.79. The molecule has 0 spiro atoms. The molecular formula is C34H24N4Na2O8S2. The number of ketones is 2. The average Bonchev–Trinajstić information content (AvgIpc) is 3.03. The molecule has 12 nitrogen and oxygen atoms in total. The fourth-order valence-electron chi connectivity index (χ4n) is 5.38. The number of anilines is 2. The monoisotopic (exact) mass is 726 g/mol. The molecule has 2 N–H and O–H groups in total. The Morgan fingerprint density at radius 1 is 0.540 bits per heavy atom. The van der Waals surface area contributed by atoms with E-state index in [4.69, 9.17) is 0 Å². The van der Waals surface area contributed by atoms with Gasteiger partial charge in [0.1, 0.15) is 31.7 Å². The summed E-state index contributed by atoms with van der Waals surface area (Å²) in [5.74, 6) is -0.805. The van der Waals surface area contributed by atoms with Crippen molar-refractivity contribution in [1.82, 2.24) is 0 Å². The molecule has 0 atom stereocenters. The SMILES string of the molecule is Cc1cc(-c2cc(C)c(N/N=C3/C(=O)C=Cc4ccccc43)cc2S(=O)(=O)[O-])c(S(=O)(=O)[O-])cc1N/N=C1\C(=O)C=Cc2ccccc21.[Na+].[Na+]. The molecule has 2 aliphatic rings. The van der Waals surface area contributed by atoms with Crippen LogP contribution in [0, 0.1) is 13.8 Å². The van der Waals surface area contributed by atoms with Crippen LogP contribution in [0.4, 0.5) is 11.4 Å². The van der Waals surface area contributed by atoms with Crippen LogP contribution in [0.15, 0.2) is 105 Å². The summed E-state index contributed by atoms with van der Waals surface area (Å²) < 4.78 is 75.3. The maximum atomic E-state index is 12.6. The zero-order valence-corrected chi connectivity index (χ0v) is 32.8. The van der Waals surface area contributed by atoms with Crippen molar-refractivity contribution in [3.8, 4) is 11.1 Å². The summed E-state index contributed by atoms with van der Waals surface area (Å²) in [5, 5.41) is 8.39. The van der Waals surface area contributed by atoms with Gasteiger partial charge in [-0.15, -0.1) is 0 Å². The third kappa shape index (κ3) is 8.00. The molecule has 6 rings (SSSR count). The van der Waals surface area contributed by atoms with Crippen molar-refractivity contribution in [3.63, 3.8) is 0 Å². The van der Waals surface area contributed by atoms with Crippen LogP contribution in [-0.2, 0) is 29.8 Å². The number of carbonyl (C=O) groups excluding carboxylic acids is 2. The van der Waals surface area contributed by atoms with Crippen LogP contribution in [0.2, 0.25) is 0 Å². The number of aryl methyl sites for hydroxylation is 2. The zero-order chi connectivity index (χ0) is 34.4. The molecule has 0 aromatic heterocycles. The fraction of sp³-hybridized carbons (Fsp3) is 0.0588. The summed E-state index contributed by atoms with van der Waals surface area (Å²) >= 11 is 0. The van der Waals surface area contributed by atoms with Crippen LogP contribution in [0.1, 0.15) is 33.4 Å². The first kappa shape index (κ1) is 39.2. The first-order chi connectivity index (χ1) is 22.7. The first-order valence-electron chi connectivity index (χ1n) is 14.2. The largest absolute Gasteiger partial charge is 1.00 e. The second-order valence-corrected chi connectivity index (χ2v) is 13.6. The van der Waals surface area contributed by atoms with Gasteiger partial charge in [0, 0.05) is 22.3 Å². The Hall–Kier alpha value is -3.54. The summed E-state index contributed by atoms with van der Waals surface area (Å²) in [4.78, 5) is 23.6. The summed E-state index contributed by atoms with van der Waals surface area (Å²) in [5.41, 5.74) is 8.05. The Kier molecular flexibility index (Phi) is 12.1. The molecule has 0 amide bonds. The van der Waals surface area contributed by atoms with E-state index in [1.807, 2.05) is 0 Å². The quantitative estimate of drug-likeness (QED) is 0.130. The van der Waals surface area contributed by atoms with Gasteiger partial charge in [-0.1, -0.05) is 60.7 Å². The summed E-state index contributed by atoms with van der Waals surface area (Å²) in [6, 6.07) is 18.4. The number of benzene rings is 4. The predicted molar refractivity (Wildman–Crippen MR) is 179 cm³/mol. The molecule has 4 aromatic rings. The Morgan fingerprint density at radius 2 is 0.900 bits per heavy atom. The number of nitrogens with one attached hydrogen (secondary N) is 2. The minimum atomic E-state index is -5.26. The molecule has 50 heavy (non-hydrogen) atoms. The van der Waals surface area contributed by atoms with Crippen LogP contribution in [0.3, 0.4) is 0 Å². The van der Waals surface area contributed by atoms with Gasteiger partial charge in [-0.25, -0.2) is 16.8 Å². The number of fused-ring (bicyclic) bond motifs is 2. The second kappa shape index (κ2) is 15.4. The number of allylic oxidation sites excluding steroid dienone is 2. The normalized spacial score (nSPS) is 15.2. The molecule has 4 aromatic carbocycles. The molecule has 0 unspecified atom stereocenters. The van der Waals surface area contributed by atoms with Crippen molar-refractivity contribution in [2.75, 3.05) is 10.9 Å². The van der Waals surface area contributed by atoms with Gasteiger partial charge >= 0.3 is 59.1 Å². The number of hydrogen-bond acceptors (Lipinski definition) is 12. The van der Waals surface area contributed by atoms with E-state index >= 15 is 0 Å². The van der Waals surface area contributed by atoms with Gasteiger partial charge < -0.3 is 9.11 Å². The van der Waals surface area contributed by atoms with Crippen molar-refractivity contribution >= 4 is 66.8 Å². The predicted octanol–water partition coefficient (Wildman–Crippen LogP) is -1.39. The van der Waals surface area contributed by atoms with Crippen molar-refractivity contribution < 1.29 is 94.6 Å². The molecule has 0 heterocycles. The van der Waals surface area contributed by atoms with Gasteiger partial charge in [-0.05, 0) is 72.5 Å². The molecule has 0 saturated carbocycles. The molecule has 0 aliphatic heterocycles. The smallest absolute Gasteiger partial charge is 0.744 e. The first-order valence-corrected chi connectivity index (χ1v) is 17.1. The number of carbonyl (C=O) groups is 2. The Morgan fingerprint density at radius 3 is 1.26 bits per heavy atom. The molecule has 0 bridgehead atoms. The molecule has 0 fully saturated rings. The Labute approximate surface area is 332 Å². The summed E-state index contributed by atoms with van der Waals surface area (Å²) in [6.45, 7) is 3.09. The van der Waals surface area contributed by atoms with Gasteiger partial charge in [-0.2, -0.15) is 10.2 Å². The van der Waals surface area contributed by atoms with E-state index in [1.165, 1.54) is 24.3 Å². The van der Waals surface area contributed by atoms with Crippen molar-refractivity contribution in [2.24, 2.45) is 10.2 Å². The Bertz CT molecular complexity index is 2250. The van der Waals surface area contributed by atoms with Gasteiger partial charge in [0.05, 0.1) is 21.2 Å². The van der Waals surface area contributed by atoms with Gasteiger partial charge in [0.25, 0.3) is 0 Å². The van der Waals surface area contributed by atoms with E-state index in [-0.39, 0.29) is 93.0 Å². The van der Waals surface area contributed by atoms with E-state index in [1.54, 1.807) is 74.5 Å². The van der Waals surface area contributed by atoms with Crippen molar-refractivity contribution in [1.29, 1.82) is 0 Å². The summed E-state index contributed by atoms with van der Waals surface area (Å²) in [6.07, 6.45) is 5.96. The van der Waals surface area contributed by atoms with Gasteiger partial charge in [-0.3, -0.25) is 20.4 Å². The van der Waals surface area contributed by atoms with E-state index in [0.29, 0.717) is 22.3 Å². The molecular weight excluding hydrogens is 703 g/mol. The minimum absolute atomic E-state index is 0. The summed E-state index contributed by atoms with van der Waals surface area (Å²) in [7, 11) is -10.5. The molecule has 0 radical (unpaired) electrons. The second-order valence-electron chi connectivity index (χ2n) is 10.9. The van der Waals surface area contributed by atoms with E-state index < -0.39 is 41.6 Å². The molecule has 16 heteroatoms. The van der Waals surface area contributed by atoms with E-state index in [2.05, 4.69) is 21.1 Å². The maximum absolute atomic E-state index is 12.6.